The van der Waals surface area contributed by atoms with Gasteiger partial charge in [0.2, 0.25) is 5.91 Å². The van der Waals surface area contributed by atoms with Gasteiger partial charge in [-0.25, -0.2) is 8.78 Å². The standard InChI is InChI=1S/C25H16Cl2F5N5O2S/c26-16-9-4-13(25(30,31)32)10-19(16)34-21(38)12-40-24-36-35-20(37(24)15-7-5-14(28)6-8-15)11-33-23(39)22-17(27)2-1-3-18(22)29/h1-10H,11-12H2,(H,33,39)(H,34,38). The molecule has 0 fully saturated rings. The number of carbonyl (C=O) groups is 2. The van der Waals surface area contributed by atoms with E-state index in [4.69, 9.17) is 23.2 Å². The second-order valence-electron chi connectivity index (χ2n) is 8.02. The molecule has 0 aliphatic heterocycles. The number of alkyl halides is 3. The number of hydrogen-bond donors (Lipinski definition) is 2. The number of amides is 2. The fourth-order valence-corrected chi connectivity index (χ4v) is 4.62. The van der Waals surface area contributed by atoms with Crippen molar-refractivity contribution in [3.63, 3.8) is 0 Å². The Balaban J connectivity index is 1.53. The van der Waals surface area contributed by atoms with Gasteiger partial charge in [0.1, 0.15) is 11.6 Å². The van der Waals surface area contributed by atoms with Gasteiger partial charge in [-0.15, -0.1) is 10.2 Å². The first-order chi connectivity index (χ1) is 18.9. The van der Waals surface area contributed by atoms with Crippen LogP contribution in [-0.2, 0) is 17.5 Å². The van der Waals surface area contributed by atoms with Gasteiger partial charge < -0.3 is 10.6 Å². The summed E-state index contributed by atoms with van der Waals surface area (Å²) in [6.45, 7) is -0.250. The number of hydrogen-bond acceptors (Lipinski definition) is 5. The molecule has 0 spiro atoms. The van der Waals surface area contributed by atoms with Crippen LogP contribution in [0.3, 0.4) is 0 Å². The van der Waals surface area contributed by atoms with Gasteiger partial charge in [0.25, 0.3) is 5.91 Å². The van der Waals surface area contributed by atoms with Crippen LogP contribution in [0.15, 0.2) is 65.8 Å². The van der Waals surface area contributed by atoms with Crippen LogP contribution in [0.4, 0.5) is 27.6 Å². The lowest BCUT2D eigenvalue weighted by Gasteiger charge is -2.13. The second-order valence-corrected chi connectivity index (χ2v) is 9.78. The minimum Gasteiger partial charge on any atom is -0.345 e. The Morgan fingerprint density at radius 1 is 0.950 bits per heavy atom. The Labute approximate surface area is 237 Å². The van der Waals surface area contributed by atoms with E-state index in [2.05, 4.69) is 20.8 Å². The summed E-state index contributed by atoms with van der Waals surface area (Å²) >= 11 is 12.8. The van der Waals surface area contributed by atoms with E-state index in [0.717, 1.165) is 30.0 Å². The number of carbonyl (C=O) groups excluding carboxylic acids is 2. The van der Waals surface area contributed by atoms with Crippen LogP contribution in [-0.4, -0.2) is 32.3 Å². The van der Waals surface area contributed by atoms with Crippen molar-refractivity contribution in [2.24, 2.45) is 0 Å². The molecule has 2 N–H and O–H groups in total. The Hall–Kier alpha value is -3.68. The van der Waals surface area contributed by atoms with Gasteiger partial charge in [0.15, 0.2) is 11.0 Å². The molecule has 0 aliphatic rings. The number of halogens is 7. The van der Waals surface area contributed by atoms with Crippen LogP contribution in [0.1, 0.15) is 21.7 Å². The van der Waals surface area contributed by atoms with Crippen LogP contribution >= 0.6 is 35.0 Å². The topological polar surface area (TPSA) is 88.9 Å². The highest BCUT2D eigenvalue weighted by atomic mass is 35.5. The van der Waals surface area contributed by atoms with Gasteiger partial charge in [-0.05, 0) is 54.6 Å². The van der Waals surface area contributed by atoms with Gasteiger partial charge in [0, 0.05) is 5.69 Å². The first-order valence-corrected chi connectivity index (χ1v) is 12.9. The molecule has 0 atom stereocenters. The zero-order valence-corrected chi connectivity index (χ0v) is 22.2. The summed E-state index contributed by atoms with van der Waals surface area (Å²) in [5.74, 6) is -3.02. The highest BCUT2D eigenvalue weighted by molar-refractivity contribution is 7.99. The molecule has 0 unspecified atom stereocenters. The molecule has 15 heteroatoms. The first kappa shape index (κ1) is 29.3. The molecule has 4 aromatic rings. The zero-order valence-electron chi connectivity index (χ0n) is 19.9. The van der Waals surface area contributed by atoms with Crippen molar-refractivity contribution in [3.05, 3.63) is 99.3 Å². The molecule has 2 amide bonds. The number of benzene rings is 3. The van der Waals surface area contributed by atoms with E-state index in [-0.39, 0.29) is 44.6 Å². The van der Waals surface area contributed by atoms with Crippen molar-refractivity contribution < 1.29 is 31.5 Å². The number of anilines is 1. The van der Waals surface area contributed by atoms with Crippen LogP contribution in [0, 0.1) is 11.6 Å². The summed E-state index contributed by atoms with van der Waals surface area (Å²) in [6, 6.07) is 11.5. The molecule has 0 saturated carbocycles. The predicted molar refractivity (Wildman–Crippen MR) is 140 cm³/mol. The molecular formula is C25H16Cl2F5N5O2S. The van der Waals surface area contributed by atoms with Crippen molar-refractivity contribution in [1.82, 2.24) is 20.1 Å². The van der Waals surface area contributed by atoms with Crippen molar-refractivity contribution >= 4 is 52.5 Å². The molecule has 0 aliphatic carbocycles. The number of nitrogens with one attached hydrogen (secondary N) is 2. The minimum absolute atomic E-state index is 0.0891. The van der Waals surface area contributed by atoms with E-state index in [1.807, 2.05) is 0 Å². The zero-order chi connectivity index (χ0) is 29.0. The molecule has 0 radical (unpaired) electrons. The third kappa shape index (κ3) is 6.90. The summed E-state index contributed by atoms with van der Waals surface area (Å²) < 4.78 is 68.2. The van der Waals surface area contributed by atoms with Crippen molar-refractivity contribution in [2.45, 2.75) is 17.9 Å². The minimum atomic E-state index is -4.63. The Kier molecular flexibility index (Phi) is 8.96. The largest absolute Gasteiger partial charge is 0.416 e. The summed E-state index contributed by atoms with van der Waals surface area (Å²) in [6.07, 6.45) is -4.63. The van der Waals surface area contributed by atoms with Crippen LogP contribution in [0.25, 0.3) is 5.69 Å². The summed E-state index contributed by atoms with van der Waals surface area (Å²) in [5, 5.41) is 12.8. The smallest absolute Gasteiger partial charge is 0.345 e. The Morgan fingerprint density at radius 3 is 2.35 bits per heavy atom. The molecule has 0 bridgehead atoms. The van der Waals surface area contributed by atoms with Crippen molar-refractivity contribution in [2.75, 3.05) is 11.1 Å². The molecule has 208 valence electrons. The monoisotopic (exact) mass is 615 g/mol. The van der Waals surface area contributed by atoms with E-state index in [9.17, 15) is 31.5 Å². The maximum atomic E-state index is 14.1. The SMILES string of the molecule is O=C(CSc1nnc(CNC(=O)c2c(F)cccc2Cl)n1-c1ccc(F)cc1)Nc1cc(C(F)(F)F)ccc1Cl. The van der Waals surface area contributed by atoms with Crippen molar-refractivity contribution in [3.8, 4) is 5.69 Å². The maximum Gasteiger partial charge on any atom is 0.416 e. The lowest BCUT2D eigenvalue weighted by Crippen LogP contribution is -2.26. The normalized spacial score (nSPS) is 11.4. The first-order valence-electron chi connectivity index (χ1n) is 11.2. The van der Waals surface area contributed by atoms with Gasteiger partial charge in [0.05, 0.1) is 39.2 Å². The van der Waals surface area contributed by atoms with E-state index in [0.29, 0.717) is 11.8 Å². The van der Waals surface area contributed by atoms with E-state index in [1.165, 1.54) is 41.0 Å². The summed E-state index contributed by atoms with van der Waals surface area (Å²) in [5.41, 5.74) is -1.20. The molecule has 1 heterocycles. The fourth-order valence-electron chi connectivity index (χ4n) is 3.43. The lowest BCUT2D eigenvalue weighted by atomic mass is 10.2. The number of aromatic nitrogens is 3. The predicted octanol–water partition coefficient (Wildman–Crippen LogP) is 6.53. The molecule has 7 nitrogen and oxygen atoms in total. The quantitative estimate of drug-likeness (QED) is 0.174. The third-order valence-electron chi connectivity index (χ3n) is 5.28. The highest BCUT2D eigenvalue weighted by Crippen LogP contribution is 2.34. The molecule has 1 aromatic heterocycles. The van der Waals surface area contributed by atoms with Crippen LogP contribution in [0.2, 0.25) is 10.0 Å². The van der Waals surface area contributed by atoms with Gasteiger partial charge in [-0.2, -0.15) is 13.2 Å². The average Bonchev–Trinajstić information content (AvgIpc) is 3.30. The van der Waals surface area contributed by atoms with Crippen LogP contribution in [0.5, 0.6) is 0 Å². The van der Waals surface area contributed by atoms with Crippen molar-refractivity contribution in [1.29, 1.82) is 0 Å². The average molecular weight is 616 g/mol. The molecule has 4 rings (SSSR count). The maximum absolute atomic E-state index is 14.1. The highest BCUT2D eigenvalue weighted by Gasteiger charge is 2.31. The molecule has 40 heavy (non-hydrogen) atoms. The lowest BCUT2D eigenvalue weighted by molar-refractivity contribution is -0.137. The summed E-state index contributed by atoms with van der Waals surface area (Å²) in [4.78, 5) is 25.1. The van der Waals surface area contributed by atoms with Crippen LogP contribution < -0.4 is 10.6 Å². The molecular weight excluding hydrogens is 600 g/mol. The van der Waals surface area contributed by atoms with E-state index >= 15 is 0 Å². The van der Waals surface area contributed by atoms with E-state index < -0.39 is 35.2 Å². The number of thioether (sulfide) groups is 1. The van der Waals surface area contributed by atoms with Gasteiger partial charge >= 0.3 is 6.18 Å². The molecule has 0 saturated heterocycles. The Bertz CT molecular complexity index is 1540. The van der Waals surface area contributed by atoms with E-state index in [1.54, 1.807) is 0 Å². The third-order valence-corrected chi connectivity index (χ3v) is 6.86. The fraction of sp³-hybridized carbons (Fsp3) is 0.120. The second kappa shape index (κ2) is 12.2. The van der Waals surface area contributed by atoms with Gasteiger partial charge in [-0.3, -0.25) is 14.2 Å². The molecule has 3 aromatic carbocycles. The Morgan fingerprint density at radius 2 is 1.68 bits per heavy atom. The number of rotatable bonds is 8. The van der Waals surface area contributed by atoms with Gasteiger partial charge in [-0.1, -0.05) is 41.0 Å². The summed E-state index contributed by atoms with van der Waals surface area (Å²) in [7, 11) is 0. The number of nitrogens with zero attached hydrogens (tertiary/aromatic N) is 3.